The fourth-order valence-corrected chi connectivity index (χ4v) is 3.61. The highest BCUT2D eigenvalue weighted by atomic mass is 14.4. The predicted octanol–water partition coefficient (Wildman–Crippen LogP) is 6.09. The van der Waals surface area contributed by atoms with E-state index in [1.54, 1.807) is 0 Å². The van der Waals surface area contributed by atoms with Gasteiger partial charge in [-0.3, -0.25) is 0 Å². The lowest BCUT2D eigenvalue weighted by molar-refractivity contribution is 0.315. The molecule has 0 nitrogen and oxygen atoms in total. The topological polar surface area (TPSA) is 0 Å². The Morgan fingerprint density at radius 3 is 1.43 bits per heavy atom. The van der Waals surface area contributed by atoms with E-state index in [1.165, 1.54) is 16.7 Å². The molecule has 0 bridgehead atoms. The van der Waals surface area contributed by atoms with Crippen molar-refractivity contribution >= 4 is 0 Å². The molecule has 0 heterocycles. The Bertz CT molecular complexity index is 672. The van der Waals surface area contributed by atoms with Crippen LogP contribution in [0.25, 0.3) is 0 Å². The first-order valence-corrected chi connectivity index (χ1v) is 8.31. The highest BCUT2D eigenvalue weighted by Gasteiger charge is 2.32. The van der Waals surface area contributed by atoms with E-state index in [9.17, 15) is 0 Å². The molecule has 3 aromatic rings. The molecular weight excluding hydrogens is 276 g/mol. The van der Waals surface area contributed by atoms with Gasteiger partial charge in [0.15, 0.2) is 0 Å². The predicted molar refractivity (Wildman–Crippen MR) is 98.7 cm³/mol. The van der Waals surface area contributed by atoms with Crippen molar-refractivity contribution in [3.8, 4) is 0 Å². The summed E-state index contributed by atoms with van der Waals surface area (Å²) in [6.07, 6.45) is 1.06. The summed E-state index contributed by atoms with van der Waals surface area (Å²) in [4.78, 5) is 0. The summed E-state index contributed by atoms with van der Waals surface area (Å²) in [7, 11) is 0. The molecule has 3 aromatic carbocycles. The summed E-state index contributed by atoms with van der Waals surface area (Å²) >= 11 is 0. The van der Waals surface area contributed by atoms with Gasteiger partial charge >= 0.3 is 0 Å². The minimum atomic E-state index is 0.129. The van der Waals surface area contributed by atoms with E-state index in [0.29, 0.717) is 5.92 Å². The summed E-state index contributed by atoms with van der Waals surface area (Å²) in [6, 6.07) is 32.6. The molecule has 0 aliphatic carbocycles. The molecule has 0 aliphatic rings. The molecule has 0 aromatic heterocycles. The Balaban J connectivity index is 2.01. The van der Waals surface area contributed by atoms with Crippen molar-refractivity contribution in [1.29, 1.82) is 0 Å². The van der Waals surface area contributed by atoms with E-state index in [1.807, 2.05) is 0 Å². The summed E-state index contributed by atoms with van der Waals surface area (Å²) in [6.45, 7) is 4.76. The van der Waals surface area contributed by atoms with Gasteiger partial charge in [-0.15, -0.1) is 0 Å². The Morgan fingerprint density at radius 1 is 0.609 bits per heavy atom. The maximum atomic E-state index is 2.38. The van der Waals surface area contributed by atoms with Crippen LogP contribution in [0.1, 0.15) is 36.5 Å². The first kappa shape index (κ1) is 15.6. The van der Waals surface area contributed by atoms with Crippen LogP contribution in [0, 0.1) is 5.41 Å². The van der Waals surface area contributed by atoms with Crippen LogP contribution in [0.2, 0.25) is 0 Å². The van der Waals surface area contributed by atoms with E-state index < -0.39 is 0 Å². The summed E-state index contributed by atoms with van der Waals surface area (Å²) in [5.41, 5.74) is 4.30. The van der Waals surface area contributed by atoms with Gasteiger partial charge in [-0.2, -0.15) is 0 Å². The lowest BCUT2D eigenvalue weighted by Crippen LogP contribution is -2.26. The summed E-state index contributed by atoms with van der Waals surface area (Å²) in [5.74, 6) is 0.380. The zero-order valence-corrected chi connectivity index (χ0v) is 13.9. The molecule has 0 atom stereocenters. The van der Waals surface area contributed by atoms with Crippen LogP contribution >= 0.6 is 0 Å². The largest absolute Gasteiger partial charge is 0.0622 e. The van der Waals surface area contributed by atoms with E-state index in [4.69, 9.17) is 0 Å². The third-order valence-electron chi connectivity index (χ3n) is 4.55. The molecule has 0 heteroatoms. The van der Waals surface area contributed by atoms with Crippen LogP contribution < -0.4 is 0 Å². The molecule has 0 spiro atoms. The lowest BCUT2D eigenvalue weighted by atomic mass is 9.68. The van der Waals surface area contributed by atoms with E-state index in [2.05, 4.69) is 105 Å². The van der Waals surface area contributed by atoms with Gasteiger partial charge in [-0.25, -0.2) is 0 Å². The summed E-state index contributed by atoms with van der Waals surface area (Å²) < 4.78 is 0. The normalized spacial score (nSPS) is 11.6. The van der Waals surface area contributed by atoms with Crippen LogP contribution in [-0.4, -0.2) is 0 Å². The maximum absolute atomic E-state index is 2.38. The number of benzene rings is 3. The van der Waals surface area contributed by atoms with Gasteiger partial charge in [-0.1, -0.05) is 105 Å². The van der Waals surface area contributed by atoms with Crippen molar-refractivity contribution < 1.29 is 0 Å². The Morgan fingerprint density at radius 2 is 1.00 bits per heavy atom. The molecule has 0 radical (unpaired) electrons. The lowest BCUT2D eigenvalue weighted by Gasteiger charge is -2.35. The van der Waals surface area contributed by atoms with Gasteiger partial charge in [-0.05, 0) is 28.5 Å². The highest BCUT2D eigenvalue weighted by molar-refractivity contribution is 5.35. The average molecular weight is 300 g/mol. The van der Waals surface area contributed by atoms with Crippen molar-refractivity contribution in [2.75, 3.05) is 0 Å². The maximum Gasteiger partial charge on any atom is 0.0144 e. The Hall–Kier alpha value is -2.34. The van der Waals surface area contributed by atoms with Crippen molar-refractivity contribution in [2.24, 2.45) is 5.41 Å². The van der Waals surface area contributed by atoms with Crippen LogP contribution in [-0.2, 0) is 6.42 Å². The zero-order chi connectivity index (χ0) is 16.1. The molecule has 3 rings (SSSR count). The second-order valence-electron chi connectivity index (χ2n) is 6.91. The van der Waals surface area contributed by atoms with Gasteiger partial charge in [0.25, 0.3) is 0 Å². The van der Waals surface area contributed by atoms with Crippen LogP contribution in [0.5, 0.6) is 0 Å². The first-order chi connectivity index (χ1) is 11.2. The molecule has 0 aliphatic heterocycles. The van der Waals surface area contributed by atoms with Gasteiger partial charge < -0.3 is 0 Å². The Kier molecular flexibility index (Phi) is 4.62. The fraction of sp³-hybridized carbons (Fsp3) is 0.217. The van der Waals surface area contributed by atoms with Gasteiger partial charge in [0, 0.05) is 5.92 Å². The standard InChI is InChI=1S/C23H24/c1-23(2,18-19-12-6-3-7-13-19)22(20-14-8-4-9-15-20)21-16-10-5-11-17-21/h3-17,22H,18H2,1-2H3. The van der Waals surface area contributed by atoms with Gasteiger partial charge in [0.2, 0.25) is 0 Å². The van der Waals surface area contributed by atoms with E-state index >= 15 is 0 Å². The number of hydrogen-bond donors (Lipinski definition) is 0. The molecule has 23 heavy (non-hydrogen) atoms. The van der Waals surface area contributed by atoms with Crippen molar-refractivity contribution in [3.63, 3.8) is 0 Å². The van der Waals surface area contributed by atoms with Crippen molar-refractivity contribution in [3.05, 3.63) is 108 Å². The van der Waals surface area contributed by atoms with Gasteiger partial charge in [0.1, 0.15) is 0 Å². The highest BCUT2D eigenvalue weighted by Crippen LogP contribution is 2.43. The van der Waals surface area contributed by atoms with Gasteiger partial charge in [0.05, 0.1) is 0 Å². The van der Waals surface area contributed by atoms with Crippen LogP contribution in [0.4, 0.5) is 0 Å². The zero-order valence-electron chi connectivity index (χ0n) is 13.9. The second kappa shape index (κ2) is 6.83. The molecule has 0 unspecified atom stereocenters. The monoisotopic (exact) mass is 300 g/mol. The van der Waals surface area contributed by atoms with Crippen LogP contribution in [0.15, 0.2) is 91.0 Å². The molecule has 0 saturated carbocycles. The number of hydrogen-bond acceptors (Lipinski definition) is 0. The van der Waals surface area contributed by atoms with Crippen molar-refractivity contribution in [2.45, 2.75) is 26.2 Å². The number of rotatable bonds is 5. The first-order valence-electron chi connectivity index (χ1n) is 8.31. The molecular formula is C23H24. The molecule has 0 N–H and O–H groups in total. The molecule has 0 fully saturated rings. The quantitative estimate of drug-likeness (QED) is 0.535. The second-order valence-corrected chi connectivity index (χ2v) is 6.91. The molecule has 0 saturated heterocycles. The van der Waals surface area contributed by atoms with E-state index in [0.717, 1.165) is 6.42 Å². The minimum absolute atomic E-state index is 0.129. The average Bonchev–Trinajstić information content (AvgIpc) is 2.57. The van der Waals surface area contributed by atoms with E-state index in [-0.39, 0.29) is 5.41 Å². The fourth-order valence-electron chi connectivity index (χ4n) is 3.61. The SMILES string of the molecule is CC(C)(Cc1ccccc1)C(c1ccccc1)c1ccccc1. The minimum Gasteiger partial charge on any atom is -0.0622 e. The van der Waals surface area contributed by atoms with Crippen molar-refractivity contribution in [1.82, 2.24) is 0 Å². The molecule has 0 amide bonds. The smallest absolute Gasteiger partial charge is 0.0144 e. The summed E-state index contributed by atoms with van der Waals surface area (Å²) in [5, 5.41) is 0. The molecule has 116 valence electrons. The Labute approximate surface area is 139 Å². The third-order valence-corrected chi connectivity index (χ3v) is 4.55. The van der Waals surface area contributed by atoms with Crippen LogP contribution in [0.3, 0.4) is 0 Å². The third kappa shape index (κ3) is 3.71.